The molecule has 0 aliphatic carbocycles. The standard InChI is InChI=1S/C10H16N2O5S/c1-11-18(14,15)6-5-12-7-8-3-4-9(17-8)10(13)16-2/h3-4,11-12H,5-7H2,1-2H3. The summed E-state index contributed by atoms with van der Waals surface area (Å²) in [4.78, 5) is 11.1. The Balaban J connectivity index is 2.36. The molecule has 0 bridgehead atoms. The molecule has 2 N–H and O–H groups in total. The van der Waals surface area contributed by atoms with Crippen LogP contribution in [0.15, 0.2) is 16.5 Å². The first-order chi connectivity index (χ1) is 8.48. The van der Waals surface area contributed by atoms with Gasteiger partial charge in [-0.25, -0.2) is 17.9 Å². The number of carbonyl (C=O) groups excluding carboxylic acids is 1. The fourth-order valence-corrected chi connectivity index (χ4v) is 1.82. The Kier molecular flexibility index (Phi) is 5.32. The molecule has 102 valence electrons. The van der Waals surface area contributed by atoms with E-state index in [0.717, 1.165) is 0 Å². The highest BCUT2D eigenvalue weighted by Gasteiger charge is 2.11. The van der Waals surface area contributed by atoms with Gasteiger partial charge in [0.15, 0.2) is 0 Å². The third-order valence-electron chi connectivity index (χ3n) is 2.21. The van der Waals surface area contributed by atoms with Crippen molar-refractivity contribution in [3.05, 3.63) is 23.7 Å². The van der Waals surface area contributed by atoms with Gasteiger partial charge in [-0.1, -0.05) is 0 Å². The van der Waals surface area contributed by atoms with E-state index in [2.05, 4.69) is 14.8 Å². The fourth-order valence-electron chi connectivity index (χ4n) is 1.20. The summed E-state index contributed by atoms with van der Waals surface area (Å²) < 4.78 is 34.1. The van der Waals surface area contributed by atoms with Crippen molar-refractivity contribution in [2.75, 3.05) is 26.5 Å². The fraction of sp³-hybridized carbons (Fsp3) is 0.500. The van der Waals surface area contributed by atoms with Gasteiger partial charge in [-0.15, -0.1) is 0 Å². The monoisotopic (exact) mass is 276 g/mol. The van der Waals surface area contributed by atoms with Gasteiger partial charge in [0.2, 0.25) is 15.8 Å². The van der Waals surface area contributed by atoms with E-state index in [1.54, 1.807) is 6.07 Å². The molecule has 18 heavy (non-hydrogen) atoms. The largest absolute Gasteiger partial charge is 0.463 e. The normalized spacial score (nSPS) is 11.4. The van der Waals surface area contributed by atoms with Crippen molar-refractivity contribution < 1.29 is 22.4 Å². The Bertz CT molecular complexity index is 494. The van der Waals surface area contributed by atoms with E-state index in [1.807, 2.05) is 0 Å². The number of carbonyl (C=O) groups is 1. The summed E-state index contributed by atoms with van der Waals surface area (Å²) in [6.07, 6.45) is 0. The van der Waals surface area contributed by atoms with Gasteiger partial charge in [-0.2, -0.15) is 0 Å². The van der Waals surface area contributed by atoms with Gasteiger partial charge in [0, 0.05) is 6.54 Å². The van der Waals surface area contributed by atoms with Crippen LogP contribution in [0.4, 0.5) is 0 Å². The molecule has 0 unspecified atom stereocenters. The molecule has 0 aliphatic heterocycles. The molecule has 0 fully saturated rings. The minimum absolute atomic E-state index is 0.0198. The molecular formula is C10H16N2O5S. The van der Waals surface area contributed by atoms with Crippen molar-refractivity contribution in [3.8, 4) is 0 Å². The number of furan rings is 1. The Morgan fingerprint density at radius 1 is 1.44 bits per heavy atom. The molecule has 0 aromatic carbocycles. The van der Waals surface area contributed by atoms with Gasteiger partial charge in [0.05, 0.1) is 19.4 Å². The Morgan fingerprint density at radius 3 is 2.78 bits per heavy atom. The predicted molar refractivity (Wildman–Crippen MR) is 64.6 cm³/mol. The van der Waals surface area contributed by atoms with Crippen LogP contribution in [0.25, 0.3) is 0 Å². The van der Waals surface area contributed by atoms with Crippen LogP contribution in [-0.4, -0.2) is 40.8 Å². The van der Waals surface area contributed by atoms with Crippen LogP contribution >= 0.6 is 0 Å². The number of methoxy groups -OCH3 is 1. The molecule has 0 amide bonds. The lowest BCUT2D eigenvalue weighted by Crippen LogP contribution is -2.29. The lowest BCUT2D eigenvalue weighted by atomic mass is 10.4. The van der Waals surface area contributed by atoms with Crippen LogP contribution in [-0.2, 0) is 21.3 Å². The van der Waals surface area contributed by atoms with E-state index in [9.17, 15) is 13.2 Å². The molecular weight excluding hydrogens is 260 g/mol. The van der Waals surface area contributed by atoms with Crippen molar-refractivity contribution in [3.63, 3.8) is 0 Å². The van der Waals surface area contributed by atoms with Crippen LogP contribution in [0.2, 0.25) is 0 Å². The number of nitrogens with one attached hydrogen (secondary N) is 2. The van der Waals surface area contributed by atoms with Crippen molar-refractivity contribution in [1.82, 2.24) is 10.0 Å². The zero-order chi connectivity index (χ0) is 13.6. The topological polar surface area (TPSA) is 97.6 Å². The van der Waals surface area contributed by atoms with E-state index in [0.29, 0.717) is 12.3 Å². The highest BCUT2D eigenvalue weighted by molar-refractivity contribution is 7.89. The maximum absolute atomic E-state index is 11.1. The summed E-state index contributed by atoms with van der Waals surface area (Å²) in [5.41, 5.74) is 0. The molecule has 0 atom stereocenters. The van der Waals surface area contributed by atoms with Crippen molar-refractivity contribution in [2.45, 2.75) is 6.54 Å². The Labute approximate surface area is 106 Å². The molecule has 1 heterocycles. The second-order valence-corrected chi connectivity index (χ2v) is 5.50. The zero-order valence-electron chi connectivity index (χ0n) is 10.2. The van der Waals surface area contributed by atoms with E-state index in [1.165, 1.54) is 20.2 Å². The Hall–Kier alpha value is -1.38. The van der Waals surface area contributed by atoms with Gasteiger partial charge in [-0.05, 0) is 19.2 Å². The summed E-state index contributed by atoms with van der Waals surface area (Å²) in [6.45, 7) is 0.633. The first-order valence-electron chi connectivity index (χ1n) is 5.27. The molecule has 1 rings (SSSR count). The number of hydrogen-bond acceptors (Lipinski definition) is 6. The van der Waals surface area contributed by atoms with Gasteiger partial charge in [0.1, 0.15) is 5.76 Å². The SMILES string of the molecule is CNS(=O)(=O)CCNCc1ccc(C(=O)OC)o1. The molecule has 1 aromatic rings. The number of esters is 1. The van der Waals surface area contributed by atoms with E-state index >= 15 is 0 Å². The van der Waals surface area contributed by atoms with Crippen LogP contribution < -0.4 is 10.0 Å². The molecule has 0 saturated carbocycles. The molecule has 0 spiro atoms. The van der Waals surface area contributed by atoms with Gasteiger partial charge in [-0.3, -0.25) is 0 Å². The second kappa shape index (κ2) is 6.53. The molecule has 0 saturated heterocycles. The zero-order valence-corrected chi connectivity index (χ0v) is 11.0. The summed E-state index contributed by atoms with van der Waals surface area (Å²) >= 11 is 0. The average molecular weight is 276 g/mol. The summed E-state index contributed by atoms with van der Waals surface area (Å²) in [5.74, 6) is 0.0991. The van der Waals surface area contributed by atoms with E-state index < -0.39 is 16.0 Å². The highest BCUT2D eigenvalue weighted by Crippen LogP contribution is 2.08. The molecule has 7 nitrogen and oxygen atoms in total. The Morgan fingerprint density at radius 2 is 2.17 bits per heavy atom. The second-order valence-electron chi connectivity index (χ2n) is 3.46. The average Bonchev–Trinajstić information content (AvgIpc) is 2.82. The summed E-state index contributed by atoms with van der Waals surface area (Å²) in [5, 5.41) is 2.90. The quantitative estimate of drug-likeness (QED) is 0.524. The molecule has 1 aromatic heterocycles. The number of hydrogen-bond donors (Lipinski definition) is 2. The third kappa shape index (κ3) is 4.47. The van der Waals surface area contributed by atoms with Crippen molar-refractivity contribution in [2.24, 2.45) is 0 Å². The van der Waals surface area contributed by atoms with Crippen LogP contribution in [0.1, 0.15) is 16.3 Å². The first-order valence-corrected chi connectivity index (χ1v) is 6.92. The number of sulfonamides is 1. The van der Waals surface area contributed by atoms with Gasteiger partial charge >= 0.3 is 5.97 Å². The van der Waals surface area contributed by atoms with Crippen molar-refractivity contribution in [1.29, 1.82) is 0 Å². The lowest BCUT2D eigenvalue weighted by molar-refractivity contribution is 0.0563. The number of ether oxygens (including phenoxy) is 1. The van der Waals surface area contributed by atoms with E-state index in [4.69, 9.17) is 4.42 Å². The number of rotatable bonds is 7. The third-order valence-corrected chi connectivity index (χ3v) is 3.57. The van der Waals surface area contributed by atoms with Gasteiger partial charge < -0.3 is 14.5 Å². The minimum atomic E-state index is -3.20. The van der Waals surface area contributed by atoms with Crippen LogP contribution in [0.3, 0.4) is 0 Å². The summed E-state index contributed by atoms with van der Waals surface area (Å²) in [7, 11) is -0.569. The van der Waals surface area contributed by atoms with Crippen molar-refractivity contribution >= 4 is 16.0 Å². The smallest absolute Gasteiger partial charge is 0.373 e. The van der Waals surface area contributed by atoms with Crippen LogP contribution in [0, 0.1) is 0 Å². The predicted octanol–water partition coefficient (Wildman–Crippen LogP) is -0.295. The van der Waals surface area contributed by atoms with E-state index in [-0.39, 0.29) is 18.1 Å². The summed E-state index contributed by atoms with van der Waals surface area (Å²) in [6, 6.07) is 3.14. The molecule has 8 heteroatoms. The lowest BCUT2D eigenvalue weighted by Gasteiger charge is -2.03. The molecule has 0 aliphatic rings. The van der Waals surface area contributed by atoms with Crippen LogP contribution in [0.5, 0.6) is 0 Å². The molecule has 0 radical (unpaired) electrons. The minimum Gasteiger partial charge on any atom is -0.463 e. The highest BCUT2D eigenvalue weighted by atomic mass is 32.2. The first kappa shape index (κ1) is 14.7. The van der Waals surface area contributed by atoms with Gasteiger partial charge in [0.25, 0.3) is 0 Å². The maximum Gasteiger partial charge on any atom is 0.373 e. The maximum atomic E-state index is 11.1.